The molecule has 0 bridgehead atoms. The Labute approximate surface area is 175 Å². The molecule has 0 radical (unpaired) electrons. The summed E-state index contributed by atoms with van der Waals surface area (Å²) >= 11 is 0. The molecule has 0 atom stereocenters. The molecule has 0 unspecified atom stereocenters. The molecule has 8 nitrogen and oxygen atoms in total. The summed E-state index contributed by atoms with van der Waals surface area (Å²) in [5.74, 6) is -3.14. The predicted molar refractivity (Wildman–Crippen MR) is 107 cm³/mol. The number of hydrogen-bond acceptors (Lipinski definition) is 6. The van der Waals surface area contributed by atoms with Crippen LogP contribution in [0.2, 0.25) is 0 Å². The fraction of sp³-hybridized carbons (Fsp3) is 0.0500. The summed E-state index contributed by atoms with van der Waals surface area (Å²) in [7, 11) is -2.85. The largest absolute Gasteiger partial charge is 0.495 e. The number of anilines is 1. The monoisotopic (exact) mass is 444 g/mol. The van der Waals surface area contributed by atoms with Crippen LogP contribution in [-0.4, -0.2) is 36.3 Å². The van der Waals surface area contributed by atoms with Crippen LogP contribution in [0.15, 0.2) is 60.0 Å². The molecule has 1 aromatic carbocycles. The summed E-state index contributed by atoms with van der Waals surface area (Å²) in [6.07, 6.45) is 3.94. The fourth-order valence-corrected chi connectivity index (χ4v) is 3.97. The first-order valence-corrected chi connectivity index (χ1v) is 10.3. The van der Waals surface area contributed by atoms with Crippen LogP contribution >= 0.6 is 0 Å². The van der Waals surface area contributed by atoms with Crippen molar-refractivity contribution < 1.29 is 26.7 Å². The van der Waals surface area contributed by atoms with E-state index < -0.39 is 38.7 Å². The van der Waals surface area contributed by atoms with Gasteiger partial charge >= 0.3 is 0 Å². The third kappa shape index (κ3) is 3.70. The van der Waals surface area contributed by atoms with Gasteiger partial charge in [-0.3, -0.25) is 9.52 Å². The minimum atomic E-state index is -4.26. The maximum absolute atomic E-state index is 15.1. The number of pyridine rings is 2. The second-order valence-electron chi connectivity index (χ2n) is 6.36. The van der Waals surface area contributed by atoms with E-state index in [1.54, 1.807) is 0 Å². The van der Waals surface area contributed by atoms with Gasteiger partial charge in [-0.25, -0.2) is 18.7 Å². The van der Waals surface area contributed by atoms with Crippen molar-refractivity contribution >= 4 is 32.5 Å². The second kappa shape index (κ2) is 7.76. The van der Waals surface area contributed by atoms with Gasteiger partial charge < -0.3 is 9.72 Å². The lowest BCUT2D eigenvalue weighted by Crippen LogP contribution is -2.17. The lowest BCUT2D eigenvalue weighted by atomic mass is 10.0. The van der Waals surface area contributed by atoms with E-state index in [0.717, 1.165) is 12.1 Å². The number of H-pyrrole nitrogens is 1. The van der Waals surface area contributed by atoms with E-state index in [9.17, 15) is 17.6 Å². The van der Waals surface area contributed by atoms with Gasteiger partial charge in [0.2, 0.25) is 5.78 Å². The van der Waals surface area contributed by atoms with Gasteiger partial charge in [0.05, 0.1) is 24.6 Å². The molecule has 3 aromatic heterocycles. The van der Waals surface area contributed by atoms with Crippen LogP contribution in [0.5, 0.6) is 5.75 Å². The van der Waals surface area contributed by atoms with Crippen molar-refractivity contribution in [3.63, 3.8) is 0 Å². The van der Waals surface area contributed by atoms with Crippen LogP contribution < -0.4 is 9.46 Å². The van der Waals surface area contributed by atoms with Gasteiger partial charge in [-0.1, -0.05) is 6.07 Å². The summed E-state index contributed by atoms with van der Waals surface area (Å²) in [5.41, 5.74) is -1.24. The quantitative estimate of drug-likeness (QED) is 0.441. The van der Waals surface area contributed by atoms with Gasteiger partial charge in [0, 0.05) is 23.3 Å². The molecule has 0 spiro atoms. The number of ketones is 1. The number of aromatic amines is 1. The number of benzene rings is 1. The Morgan fingerprint density at radius 2 is 1.97 bits per heavy atom. The van der Waals surface area contributed by atoms with Crippen LogP contribution in [0.1, 0.15) is 15.9 Å². The van der Waals surface area contributed by atoms with Crippen molar-refractivity contribution in [1.29, 1.82) is 0 Å². The van der Waals surface area contributed by atoms with Crippen LogP contribution in [-0.2, 0) is 10.0 Å². The highest BCUT2D eigenvalue weighted by Gasteiger charge is 2.26. The Morgan fingerprint density at radius 3 is 2.68 bits per heavy atom. The molecule has 0 amide bonds. The predicted octanol–water partition coefficient (Wildman–Crippen LogP) is 3.28. The Hall–Kier alpha value is -3.86. The van der Waals surface area contributed by atoms with Gasteiger partial charge in [-0.05, 0) is 30.3 Å². The summed E-state index contributed by atoms with van der Waals surface area (Å²) in [5, 5.41) is -0.0657. The number of nitrogens with zero attached hydrogens (tertiary/aromatic N) is 2. The van der Waals surface area contributed by atoms with Crippen molar-refractivity contribution in [3.05, 3.63) is 77.8 Å². The summed E-state index contributed by atoms with van der Waals surface area (Å²) < 4.78 is 61.6. The smallest absolute Gasteiger partial charge is 0.279 e. The van der Waals surface area contributed by atoms with E-state index in [0.29, 0.717) is 16.8 Å². The van der Waals surface area contributed by atoms with Crippen LogP contribution in [0.3, 0.4) is 0 Å². The zero-order chi connectivity index (χ0) is 22.2. The minimum absolute atomic E-state index is 0.0519. The molecular weight excluding hydrogens is 430 g/mol. The second-order valence-corrected chi connectivity index (χ2v) is 7.99. The molecule has 4 aromatic rings. The summed E-state index contributed by atoms with van der Waals surface area (Å²) in [4.78, 5) is 23.5. The topological polar surface area (TPSA) is 114 Å². The molecule has 0 aliphatic carbocycles. The Bertz CT molecular complexity index is 1410. The van der Waals surface area contributed by atoms with E-state index in [1.807, 2.05) is 4.72 Å². The minimum Gasteiger partial charge on any atom is -0.495 e. The normalized spacial score (nSPS) is 11.5. The third-order valence-electron chi connectivity index (χ3n) is 4.46. The number of carbonyl (C=O) groups is 1. The van der Waals surface area contributed by atoms with Crippen LogP contribution in [0.25, 0.3) is 11.0 Å². The molecule has 0 aliphatic rings. The number of sulfonamides is 1. The standard InChI is InChI=1S/C20H14F2N4O4S/c1-30-11-8-12-13(10-25-20(12)24-9-11)19(27)17-14(21)5-6-15(18(17)22)26-31(28,29)16-4-2-3-7-23-16/h2-10,26H,1H3,(H,24,25). The van der Waals surface area contributed by atoms with Gasteiger partial charge in [-0.15, -0.1) is 0 Å². The Morgan fingerprint density at radius 1 is 1.16 bits per heavy atom. The lowest BCUT2D eigenvalue weighted by molar-refractivity contribution is 0.103. The highest BCUT2D eigenvalue weighted by molar-refractivity contribution is 7.92. The number of hydrogen-bond donors (Lipinski definition) is 2. The van der Waals surface area contributed by atoms with E-state index in [1.165, 1.54) is 50.0 Å². The number of carbonyl (C=O) groups excluding carboxylic acids is 1. The van der Waals surface area contributed by atoms with Crippen LogP contribution in [0, 0.1) is 11.6 Å². The number of halogens is 2. The van der Waals surface area contributed by atoms with E-state index in [4.69, 9.17) is 4.74 Å². The highest BCUT2D eigenvalue weighted by atomic mass is 32.2. The molecule has 0 aliphatic heterocycles. The van der Waals surface area contributed by atoms with Crippen LogP contribution in [0.4, 0.5) is 14.5 Å². The van der Waals surface area contributed by atoms with Gasteiger partial charge in [-0.2, -0.15) is 8.42 Å². The van der Waals surface area contributed by atoms with Crippen molar-refractivity contribution in [3.8, 4) is 5.75 Å². The Kier molecular flexibility index (Phi) is 5.11. The molecule has 31 heavy (non-hydrogen) atoms. The van der Waals surface area contributed by atoms with Crippen molar-refractivity contribution in [2.24, 2.45) is 0 Å². The van der Waals surface area contributed by atoms with Gasteiger partial charge in [0.1, 0.15) is 17.2 Å². The first-order valence-electron chi connectivity index (χ1n) is 8.79. The molecule has 0 saturated carbocycles. The molecule has 2 N–H and O–H groups in total. The highest BCUT2D eigenvalue weighted by Crippen LogP contribution is 2.29. The SMILES string of the molecule is COc1cnc2[nH]cc(C(=O)c3c(F)ccc(NS(=O)(=O)c4ccccn4)c3F)c2c1. The number of nitrogens with one attached hydrogen (secondary N) is 2. The van der Waals surface area contributed by atoms with Crippen molar-refractivity contribution in [2.75, 3.05) is 11.8 Å². The molecule has 4 rings (SSSR count). The number of ether oxygens (including phenoxy) is 1. The molecular formula is C20H14F2N4O4S. The average molecular weight is 444 g/mol. The molecule has 158 valence electrons. The maximum atomic E-state index is 15.1. The van der Waals surface area contributed by atoms with Gasteiger partial charge in [0.15, 0.2) is 10.8 Å². The first-order chi connectivity index (χ1) is 14.8. The zero-order valence-corrected chi connectivity index (χ0v) is 16.7. The first kappa shape index (κ1) is 20.4. The molecule has 3 heterocycles. The van der Waals surface area contributed by atoms with E-state index >= 15 is 4.39 Å². The average Bonchev–Trinajstić information content (AvgIpc) is 3.19. The van der Waals surface area contributed by atoms with Crippen molar-refractivity contribution in [1.82, 2.24) is 15.0 Å². The fourth-order valence-electron chi connectivity index (χ4n) is 2.96. The van der Waals surface area contributed by atoms with Gasteiger partial charge in [0.25, 0.3) is 10.0 Å². The number of aromatic nitrogens is 3. The van der Waals surface area contributed by atoms with E-state index in [2.05, 4.69) is 15.0 Å². The zero-order valence-electron chi connectivity index (χ0n) is 15.9. The number of rotatable bonds is 6. The molecule has 0 fully saturated rings. The molecule has 11 heteroatoms. The summed E-state index contributed by atoms with van der Waals surface area (Å²) in [6, 6.07) is 7.36. The van der Waals surface area contributed by atoms with Crippen molar-refractivity contribution in [2.45, 2.75) is 5.03 Å². The number of methoxy groups -OCH3 is 1. The lowest BCUT2D eigenvalue weighted by Gasteiger charge is -2.11. The number of fused-ring (bicyclic) bond motifs is 1. The molecule has 0 saturated heterocycles. The maximum Gasteiger partial charge on any atom is 0.279 e. The third-order valence-corrected chi connectivity index (χ3v) is 5.74. The Balaban J connectivity index is 1.77. The summed E-state index contributed by atoms with van der Waals surface area (Å²) in [6.45, 7) is 0. The van der Waals surface area contributed by atoms with E-state index in [-0.39, 0.29) is 10.6 Å².